The Morgan fingerprint density at radius 1 is 0.889 bits per heavy atom. The summed E-state index contributed by atoms with van der Waals surface area (Å²) in [7, 11) is 0. The van der Waals surface area contributed by atoms with Gasteiger partial charge in [-0.3, -0.25) is 0 Å². The zero-order valence-electron chi connectivity index (χ0n) is 9.73. The van der Waals surface area contributed by atoms with Crippen LogP contribution in [0.5, 0.6) is 0 Å². The van der Waals surface area contributed by atoms with Crippen LogP contribution in [0.15, 0.2) is 54.6 Å². The van der Waals surface area contributed by atoms with Crippen molar-refractivity contribution < 1.29 is 0 Å². The standard InChI is InChI=1S/C16H12ClN/c17-14-6-3-4-12(10-14)8-9-15-11-13-5-1-2-7-16(13)18-15/h1-11,18H/b9-8+. The lowest BCUT2D eigenvalue weighted by Gasteiger charge is -1.93. The lowest BCUT2D eigenvalue weighted by atomic mass is 10.2. The van der Waals surface area contributed by atoms with Gasteiger partial charge in [0.15, 0.2) is 0 Å². The van der Waals surface area contributed by atoms with Crippen LogP contribution in [0.3, 0.4) is 0 Å². The van der Waals surface area contributed by atoms with Crippen LogP contribution in [-0.4, -0.2) is 4.98 Å². The van der Waals surface area contributed by atoms with Crippen LogP contribution in [-0.2, 0) is 0 Å². The van der Waals surface area contributed by atoms with Gasteiger partial charge in [0.25, 0.3) is 0 Å². The number of rotatable bonds is 2. The van der Waals surface area contributed by atoms with Crippen molar-refractivity contribution in [3.05, 3.63) is 70.9 Å². The maximum Gasteiger partial charge on any atom is 0.0458 e. The van der Waals surface area contributed by atoms with Crippen molar-refractivity contribution in [1.29, 1.82) is 0 Å². The molecule has 0 aliphatic rings. The molecule has 3 rings (SSSR count). The molecule has 0 aliphatic heterocycles. The van der Waals surface area contributed by atoms with Gasteiger partial charge in [-0.1, -0.05) is 48.0 Å². The van der Waals surface area contributed by atoms with Gasteiger partial charge in [-0.25, -0.2) is 0 Å². The molecule has 0 radical (unpaired) electrons. The third-order valence-electron chi connectivity index (χ3n) is 2.85. The summed E-state index contributed by atoms with van der Waals surface area (Å²) in [6.45, 7) is 0. The summed E-state index contributed by atoms with van der Waals surface area (Å²) in [5.74, 6) is 0. The van der Waals surface area contributed by atoms with E-state index in [-0.39, 0.29) is 0 Å². The highest BCUT2D eigenvalue weighted by Gasteiger charge is 1.96. The predicted octanol–water partition coefficient (Wildman–Crippen LogP) is 4.99. The molecule has 0 aliphatic carbocycles. The van der Waals surface area contributed by atoms with Crippen LogP contribution in [0.1, 0.15) is 11.3 Å². The largest absolute Gasteiger partial charge is 0.355 e. The van der Waals surface area contributed by atoms with Crippen molar-refractivity contribution in [3.63, 3.8) is 0 Å². The fraction of sp³-hybridized carbons (Fsp3) is 0. The SMILES string of the molecule is Clc1cccc(/C=C/c2cc3ccccc3[nH]2)c1. The van der Waals surface area contributed by atoms with E-state index in [4.69, 9.17) is 11.6 Å². The van der Waals surface area contributed by atoms with Crippen LogP contribution in [0.4, 0.5) is 0 Å². The van der Waals surface area contributed by atoms with E-state index >= 15 is 0 Å². The van der Waals surface area contributed by atoms with E-state index in [0.29, 0.717) is 0 Å². The molecule has 0 atom stereocenters. The van der Waals surface area contributed by atoms with Gasteiger partial charge in [0.05, 0.1) is 0 Å². The van der Waals surface area contributed by atoms with Crippen LogP contribution >= 0.6 is 11.6 Å². The Morgan fingerprint density at radius 2 is 1.78 bits per heavy atom. The minimum absolute atomic E-state index is 0.758. The van der Waals surface area contributed by atoms with Gasteiger partial charge in [0.2, 0.25) is 0 Å². The van der Waals surface area contributed by atoms with Crippen LogP contribution < -0.4 is 0 Å². The first-order chi connectivity index (χ1) is 8.81. The molecule has 0 fully saturated rings. The highest BCUT2D eigenvalue weighted by Crippen LogP contribution is 2.17. The van der Waals surface area contributed by atoms with E-state index in [0.717, 1.165) is 21.8 Å². The van der Waals surface area contributed by atoms with Crippen molar-refractivity contribution in [1.82, 2.24) is 4.98 Å². The normalized spacial score (nSPS) is 11.4. The lowest BCUT2D eigenvalue weighted by molar-refractivity contribution is 1.43. The minimum Gasteiger partial charge on any atom is -0.355 e. The van der Waals surface area contributed by atoms with E-state index in [1.165, 1.54) is 5.39 Å². The summed E-state index contributed by atoms with van der Waals surface area (Å²) in [5.41, 5.74) is 3.35. The first-order valence-electron chi connectivity index (χ1n) is 5.83. The first kappa shape index (κ1) is 11.1. The van der Waals surface area contributed by atoms with Gasteiger partial charge >= 0.3 is 0 Å². The summed E-state index contributed by atoms with van der Waals surface area (Å²) in [6.07, 6.45) is 4.11. The number of hydrogen-bond donors (Lipinski definition) is 1. The molecule has 1 N–H and O–H groups in total. The molecule has 0 unspecified atom stereocenters. The molecule has 18 heavy (non-hydrogen) atoms. The molecule has 1 aromatic heterocycles. The molecule has 0 spiro atoms. The Kier molecular flexibility index (Phi) is 2.91. The molecule has 1 nitrogen and oxygen atoms in total. The fourth-order valence-corrected chi connectivity index (χ4v) is 2.18. The highest BCUT2D eigenvalue weighted by atomic mass is 35.5. The van der Waals surface area contributed by atoms with Crippen molar-refractivity contribution in [2.24, 2.45) is 0 Å². The van der Waals surface area contributed by atoms with Gasteiger partial charge in [-0.05, 0) is 41.3 Å². The molecule has 0 amide bonds. The maximum atomic E-state index is 5.95. The summed E-state index contributed by atoms with van der Waals surface area (Å²) < 4.78 is 0. The topological polar surface area (TPSA) is 15.8 Å². The van der Waals surface area contributed by atoms with Crippen molar-refractivity contribution in [3.8, 4) is 0 Å². The molecule has 88 valence electrons. The van der Waals surface area contributed by atoms with Gasteiger partial charge in [-0.2, -0.15) is 0 Å². The molecule has 2 heteroatoms. The predicted molar refractivity (Wildman–Crippen MR) is 78.7 cm³/mol. The molecular formula is C16H12ClN. The number of nitrogens with one attached hydrogen (secondary N) is 1. The smallest absolute Gasteiger partial charge is 0.0458 e. The second-order valence-electron chi connectivity index (χ2n) is 4.20. The Hall–Kier alpha value is -1.99. The summed E-state index contributed by atoms with van der Waals surface area (Å²) in [5, 5.41) is 1.98. The van der Waals surface area contributed by atoms with Gasteiger partial charge in [0, 0.05) is 16.2 Å². The third kappa shape index (κ3) is 2.31. The Labute approximate surface area is 111 Å². The number of para-hydroxylation sites is 1. The number of benzene rings is 2. The second kappa shape index (κ2) is 4.71. The third-order valence-corrected chi connectivity index (χ3v) is 3.09. The summed E-state index contributed by atoms with van der Waals surface area (Å²) in [6, 6.07) is 18.2. The quantitative estimate of drug-likeness (QED) is 0.662. The second-order valence-corrected chi connectivity index (χ2v) is 4.64. The number of halogens is 1. The average Bonchev–Trinajstić information content (AvgIpc) is 2.79. The number of aromatic nitrogens is 1. The van der Waals surface area contributed by atoms with Gasteiger partial charge < -0.3 is 4.98 Å². The van der Waals surface area contributed by atoms with Gasteiger partial charge in [0.1, 0.15) is 0 Å². The lowest BCUT2D eigenvalue weighted by Crippen LogP contribution is -1.72. The monoisotopic (exact) mass is 253 g/mol. The average molecular weight is 254 g/mol. The van der Waals surface area contributed by atoms with E-state index in [1.54, 1.807) is 0 Å². The Bertz CT molecular complexity index is 677. The van der Waals surface area contributed by atoms with Crippen LogP contribution in [0.25, 0.3) is 23.1 Å². The number of fused-ring (bicyclic) bond motifs is 1. The van der Waals surface area contributed by atoms with E-state index in [1.807, 2.05) is 36.4 Å². The van der Waals surface area contributed by atoms with Gasteiger partial charge in [-0.15, -0.1) is 0 Å². The molecule has 0 saturated heterocycles. The molecule has 2 aromatic carbocycles. The Balaban J connectivity index is 1.92. The van der Waals surface area contributed by atoms with E-state index < -0.39 is 0 Å². The van der Waals surface area contributed by atoms with E-state index in [9.17, 15) is 0 Å². The fourth-order valence-electron chi connectivity index (χ4n) is 1.98. The number of aromatic amines is 1. The van der Waals surface area contributed by atoms with Crippen molar-refractivity contribution >= 4 is 34.7 Å². The number of hydrogen-bond acceptors (Lipinski definition) is 0. The Morgan fingerprint density at radius 3 is 2.61 bits per heavy atom. The molecule has 0 bridgehead atoms. The van der Waals surface area contributed by atoms with E-state index in [2.05, 4.69) is 35.3 Å². The summed E-state index contributed by atoms with van der Waals surface area (Å²) in [4.78, 5) is 3.36. The maximum absolute atomic E-state index is 5.95. The minimum atomic E-state index is 0.758. The van der Waals surface area contributed by atoms with Crippen LogP contribution in [0.2, 0.25) is 5.02 Å². The molecule has 0 saturated carbocycles. The first-order valence-corrected chi connectivity index (χ1v) is 6.20. The number of H-pyrrole nitrogens is 1. The zero-order chi connectivity index (χ0) is 12.4. The zero-order valence-corrected chi connectivity index (χ0v) is 10.5. The van der Waals surface area contributed by atoms with Crippen molar-refractivity contribution in [2.45, 2.75) is 0 Å². The molecule has 1 heterocycles. The highest BCUT2D eigenvalue weighted by molar-refractivity contribution is 6.30. The summed E-state index contributed by atoms with van der Waals surface area (Å²) >= 11 is 5.95. The molecule has 3 aromatic rings. The van der Waals surface area contributed by atoms with Crippen molar-refractivity contribution in [2.75, 3.05) is 0 Å². The van der Waals surface area contributed by atoms with Crippen LogP contribution in [0, 0.1) is 0 Å². The molecular weight excluding hydrogens is 242 g/mol.